The second-order valence-electron chi connectivity index (χ2n) is 6.19. The third-order valence-electron chi connectivity index (χ3n) is 4.28. The van der Waals surface area contributed by atoms with Crippen LogP contribution in [0.5, 0.6) is 5.75 Å². The Labute approximate surface area is 167 Å². The van der Waals surface area contributed by atoms with E-state index in [0.717, 1.165) is 22.4 Å². The molecule has 0 spiro atoms. The van der Waals surface area contributed by atoms with Gasteiger partial charge in [0.05, 0.1) is 25.0 Å². The van der Waals surface area contributed by atoms with Gasteiger partial charge >= 0.3 is 5.97 Å². The van der Waals surface area contributed by atoms with Crippen molar-refractivity contribution in [3.8, 4) is 16.9 Å². The van der Waals surface area contributed by atoms with Gasteiger partial charge in [0.2, 0.25) is 5.91 Å². The second kappa shape index (κ2) is 8.67. The molecule has 0 radical (unpaired) electrons. The second-order valence-corrected chi connectivity index (χ2v) is 7.49. The summed E-state index contributed by atoms with van der Waals surface area (Å²) >= 11 is 7.78. The smallest absolute Gasteiger partial charge is 0.337 e. The van der Waals surface area contributed by atoms with Crippen LogP contribution in [-0.4, -0.2) is 43.6 Å². The van der Waals surface area contributed by atoms with Gasteiger partial charge < -0.3 is 14.8 Å². The molecule has 5 nitrogen and oxygen atoms in total. The van der Waals surface area contributed by atoms with Crippen molar-refractivity contribution in [3.63, 3.8) is 0 Å². The molecule has 3 rings (SSSR count). The highest BCUT2D eigenvalue weighted by Gasteiger charge is 2.27. The van der Waals surface area contributed by atoms with E-state index in [9.17, 15) is 9.59 Å². The Hall–Kier alpha value is -2.18. The van der Waals surface area contributed by atoms with E-state index in [0.29, 0.717) is 29.3 Å². The normalized spacial score (nSPS) is 15.0. The maximum absolute atomic E-state index is 11.7. The van der Waals surface area contributed by atoms with E-state index in [4.69, 9.17) is 21.1 Å². The summed E-state index contributed by atoms with van der Waals surface area (Å²) < 4.78 is 10.8. The number of carbonyl (C=O) groups is 2. The monoisotopic (exact) mass is 405 g/mol. The van der Waals surface area contributed by atoms with Gasteiger partial charge in [-0.25, -0.2) is 4.79 Å². The largest absolute Gasteiger partial charge is 0.487 e. The molecule has 0 saturated carbocycles. The summed E-state index contributed by atoms with van der Waals surface area (Å²) in [5.41, 5.74) is 3.26. The highest BCUT2D eigenvalue weighted by Crippen LogP contribution is 2.41. The van der Waals surface area contributed by atoms with Crippen LogP contribution in [0.4, 0.5) is 0 Å². The first kappa shape index (κ1) is 19.6. The molecule has 2 aromatic rings. The van der Waals surface area contributed by atoms with Crippen molar-refractivity contribution in [2.24, 2.45) is 0 Å². The van der Waals surface area contributed by atoms with Crippen molar-refractivity contribution < 1.29 is 19.1 Å². The van der Waals surface area contributed by atoms with Crippen molar-refractivity contribution in [2.45, 2.75) is 12.5 Å². The van der Waals surface area contributed by atoms with E-state index in [1.165, 1.54) is 18.9 Å². The molecule has 0 fully saturated rings. The number of hydrogen-bond donors (Lipinski definition) is 1. The van der Waals surface area contributed by atoms with E-state index < -0.39 is 0 Å². The van der Waals surface area contributed by atoms with Crippen molar-refractivity contribution in [3.05, 3.63) is 52.5 Å². The van der Waals surface area contributed by atoms with Crippen LogP contribution in [0.1, 0.15) is 15.9 Å². The number of methoxy groups -OCH3 is 1. The van der Waals surface area contributed by atoms with Crippen LogP contribution in [-0.2, 0) is 16.0 Å². The maximum atomic E-state index is 11.7. The van der Waals surface area contributed by atoms with Gasteiger partial charge in [0, 0.05) is 22.6 Å². The number of halogens is 1. The minimum Gasteiger partial charge on any atom is -0.487 e. The molecule has 0 aromatic heterocycles. The summed E-state index contributed by atoms with van der Waals surface area (Å²) in [6.45, 7) is 0.451. The molecular weight excluding hydrogens is 386 g/mol. The minimum atomic E-state index is -0.379. The molecule has 0 bridgehead atoms. The van der Waals surface area contributed by atoms with Crippen LogP contribution in [0, 0.1) is 0 Å². The quantitative estimate of drug-likeness (QED) is 0.744. The zero-order chi connectivity index (χ0) is 19.4. The Morgan fingerprint density at radius 3 is 2.70 bits per heavy atom. The van der Waals surface area contributed by atoms with Gasteiger partial charge in [0.25, 0.3) is 0 Å². The van der Waals surface area contributed by atoms with Crippen LogP contribution in [0.15, 0.2) is 36.4 Å². The standard InChI is InChI=1S/C20H20ClNO4S/c1-25-20(24)13-5-3-12(4-6-13)17-9-15(21)7-14-8-16(26-19(14)17)10-22-18(23)11-27-2/h3-7,9,16H,8,10-11H2,1-2H3,(H,22,23)/t16-/m1/s1. The number of rotatable bonds is 6. The Morgan fingerprint density at radius 1 is 1.30 bits per heavy atom. The zero-order valence-electron chi connectivity index (χ0n) is 15.1. The van der Waals surface area contributed by atoms with E-state index in [1.807, 2.05) is 30.5 Å². The first-order chi connectivity index (χ1) is 13.0. The third kappa shape index (κ3) is 4.57. The highest BCUT2D eigenvalue weighted by atomic mass is 35.5. The first-order valence-electron chi connectivity index (χ1n) is 8.45. The molecule has 1 atom stereocenters. The molecule has 1 N–H and O–H groups in total. The number of hydrogen-bond acceptors (Lipinski definition) is 5. The summed E-state index contributed by atoms with van der Waals surface area (Å²) in [6, 6.07) is 10.9. The van der Waals surface area contributed by atoms with Crippen LogP contribution < -0.4 is 10.1 Å². The van der Waals surface area contributed by atoms with Gasteiger partial charge in [-0.2, -0.15) is 11.8 Å². The zero-order valence-corrected chi connectivity index (χ0v) is 16.7. The fourth-order valence-corrected chi connectivity index (χ4v) is 3.64. The Morgan fingerprint density at radius 2 is 2.04 bits per heavy atom. The Kier molecular flexibility index (Phi) is 6.29. The third-order valence-corrected chi connectivity index (χ3v) is 5.05. The van der Waals surface area contributed by atoms with Gasteiger partial charge in [-0.05, 0) is 36.1 Å². The van der Waals surface area contributed by atoms with E-state index in [-0.39, 0.29) is 18.0 Å². The molecule has 2 aromatic carbocycles. The maximum Gasteiger partial charge on any atom is 0.337 e. The van der Waals surface area contributed by atoms with Gasteiger partial charge in [0.1, 0.15) is 11.9 Å². The number of esters is 1. The topological polar surface area (TPSA) is 64.6 Å². The van der Waals surface area contributed by atoms with Crippen molar-refractivity contribution in [2.75, 3.05) is 25.7 Å². The summed E-state index contributed by atoms with van der Waals surface area (Å²) in [5, 5.41) is 3.51. The Balaban J connectivity index is 1.80. The fraction of sp³-hybridized carbons (Fsp3) is 0.300. The van der Waals surface area contributed by atoms with Crippen LogP contribution in [0.3, 0.4) is 0 Å². The number of nitrogens with one attached hydrogen (secondary N) is 1. The summed E-state index contributed by atoms with van der Waals surface area (Å²) in [7, 11) is 1.35. The lowest BCUT2D eigenvalue weighted by Crippen LogP contribution is -2.35. The lowest BCUT2D eigenvalue weighted by atomic mass is 9.99. The van der Waals surface area contributed by atoms with Crippen LogP contribution >= 0.6 is 23.4 Å². The molecule has 1 heterocycles. The number of thioether (sulfide) groups is 1. The fourth-order valence-electron chi connectivity index (χ4n) is 3.04. The van der Waals surface area contributed by atoms with Crippen molar-refractivity contribution in [1.82, 2.24) is 5.32 Å². The van der Waals surface area contributed by atoms with Crippen molar-refractivity contribution in [1.29, 1.82) is 0 Å². The van der Waals surface area contributed by atoms with E-state index >= 15 is 0 Å². The van der Waals surface area contributed by atoms with E-state index in [2.05, 4.69) is 5.32 Å². The number of carbonyl (C=O) groups excluding carboxylic acids is 2. The average molecular weight is 406 g/mol. The Bertz CT molecular complexity index is 854. The molecular formula is C20H20ClNO4S. The lowest BCUT2D eigenvalue weighted by molar-refractivity contribution is -0.118. The SMILES string of the molecule is COC(=O)c1ccc(-c2cc(Cl)cc3c2O[C@@H](CNC(=O)CSC)C3)cc1. The molecule has 27 heavy (non-hydrogen) atoms. The summed E-state index contributed by atoms with van der Waals surface area (Å²) in [4.78, 5) is 23.3. The lowest BCUT2D eigenvalue weighted by Gasteiger charge is -2.14. The first-order valence-corrected chi connectivity index (χ1v) is 10.2. The molecule has 1 aliphatic rings. The number of amides is 1. The molecule has 0 aliphatic carbocycles. The van der Waals surface area contributed by atoms with Crippen LogP contribution in [0.2, 0.25) is 5.02 Å². The van der Waals surface area contributed by atoms with Gasteiger partial charge in [-0.3, -0.25) is 4.79 Å². The predicted molar refractivity (Wildman–Crippen MR) is 108 cm³/mol. The molecule has 142 valence electrons. The van der Waals surface area contributed by atoms with Gasteiger partial charge in [-0.1, -0.05) is 23.7 Å². The number of benzene rings is 2. The molecule has 7 heteroatoms. The molecule has 0 unspecified atom stereocenters. The average Bonchev–Trinajstić information content (AvgIpc) is 3.08. The molecule has 1 aliphatic heterocycles. The molecule has 1 amide bonds. The summed E-state index contributed by atoms with van der Waals surface area (Å²) in [6.07, 6.45) is 2.45. The van der Waals surface area contributed by atoms with Crippen LogP contribution in [0.25, 0.3) is 11.1 Å². The molecule has 0 saturated heterocycles. The number of fused-ring (bicyclic) bond motifs is 1. The van der Waals surface area contributed by atoms with Gasteiger partial charge in [0.15, 0.2) is 0 Å². The summed E-state index contributed by atoms with van der Waals surface area (Å²) in [5.74, 6) is 0.826. The predicted octanol–water partition coefficient (Wildman–Crippen LogP) is 3.58. The van der Waals surface area contributed by atoms with E-state index in [1.54, 1.807) is 12.1 Å². The van der Waals surface area contributed by atoms with Crippen molar-refractivity contribution >= 4 is 35.2 Å². The number of ether oxygens (including phenoxy) is 2. The minimum absolute atomic E-state index is 0.00119. The van der Waals surface area contributed by atoms with Gasteiger partial charge in [-0.15, -0.1) is 0 Å². The highest BCUT2D eigenvalue weighted by molar-refractivity contribution is 7.99.